The van der Waals surface area contributed by atoms with Crippen LogP contribution in [0.25, 0.3) is 11.3 Å². The summed E-state index contributed by atoms with van der Waals surface area (Å²) in [6, 6.07) is 21.9. The molecule has 5 aromatic rings. The molecule has 3 fully saturated rings. The third-order valence-corrected chi connectivity index (χ3v) is 13.9. The molecule has 0 aliphatic carbocycles. The van der Waals surface area contributed by atoms with Crippen molar-refractivity contribution in [3.8, 4) is 22.8 Å². The normalized spacial score (nSPS) is 18.6. The number of fused-ring (bicyclic) bond motifs is 1. The van der Waals surface area contributed by atoms with Crippen LogP contribution in [0.3, 0.4) is 0 Å². The second kappa shape index (κ2) is 22.6. The molecule has 4 aliphatic rings. The van der Waals surface area contributed by atoms with Crippen LogP contribution >= 0.6 is 0 Å². The standard InChI is InChI=1S/C52H64N12O6/c53-49-46(33-43(57-58-49)40-15-6-7-18-45(40)65)70-39-14-12-27-62(35-39)38-21-19-37(20-22-38)61-31-29-60(30-32-61)26-8-4-2-1-3-5-9-28-63-34-36(56-59-63)13-11-25-54-42-17-10-16-41-48(42)52(69)64(51(41)68)44-23-24-47(66)55-50(44)67/h6-7,10,15-22,33-34,39,44,54,65H,1-5,8-9,11-14,23-32,35H2,(H2,53,58)(H,55,66,67). The average molecular weight is 953 g/mol. The molecule has 70 heavy (non-hydrogen) atoms. The third kappa shape index (κ3) is 11.5. The lowest BCUT2D eigenvalue weighted by Crippen LogP contribution is -2.54. The molecule has 0 radical (unpaired) electrons. The molecule has 18 nitrogen and oxygen atoms in total. The smallest absolute Gasteiger partial charge is 0.264 e. The minimum absolute atomic E-state index is 0.0465. The number of ether oxygens (including phenoxy) is 1. The fourth-order valence-electron chi connectivity index (χ4n) is 10.1. The molecule has 3 saturated heterocycles. The summed E-state index contributed by atoms with van der Waals surface area (Å²) in [6.07, 6.45) is 14.0. The topological polar surface area (TPSA) is 217 Å². The van der Waals surface area contributed by atoms with E-state index in [4.69, 9.17) is 10.5 Å². The summed E-state index contributed by atoms with van der Waals surface area (Å²) in [7, 11) is 0. The van der Waals surface area contributed by atoms with E-state index in [2.05, 4.69) is 70.1 Å². The number of hydrogen-bond acceptors (Lipinski definition) is 15. The van der Waals surface area contributed by atoms with E-state index >= 15 is 0 Å². The monoisotopic (exact) mass is 953 g/mol. The van der Waals surface area contributed by atoms with Crippen molar-refractivity contribution < 1.29 is 29.0 Å². The number of benzene rings is 3. The van der Waals surface area contributed by atoms with E-state index in [9.17, 15) is 24.3 Å². The lowest BCUT2D eigenvalue weighted by molar-refractivity contribution is -0.136. The Morgan fingerprint density at radius 2 is 1.47 bits per heavy atom. The number of aromatic hydroxyl groups is 1. The maximum Gasteiger partial charge on any atom is 0.264 e. The summed E-state index contributed by atoms with van der Waals surface area (Å²) in [4.78, 5) is 59.0. The number of aromatic nitrogens is 5. The Kier molecular flexibility index (Phi) is 15.5. The number of nitrogens with zero attached hydrogens (tertiary/aromatic N) is 9. The zero-order chi connectivity index (χ0) is 48.4. The molecule has 2 unspecified atom stereocenters. The number of anilines is 4. The first kappa shape index (κ1) is 48.0. The number of nitrogens with two attached hydrogens (primary N) is 1. The first-order valence-corrected chi connectivity index (χ1v) is 25.1. The van der Waals surface area contributed by atoms with Crippen LogP contribution in [0.1, 0.15) is 103 Å². The molecular weight excluding hydrogens is 889 g/mol. The number of phenolic OH excluding ortho intramolecular Hbond substituents is 1. The second-order valence-electron chi connectivity index (χ2n) is 18.8. The predicted molar refractivity (Wildman–Crippen MR) is 267 cm³/mol. The number of nitrogen functional groups attached to an aromatic ring is 1. The third-order valence-electron chi connectivity index (χ3n) is 13.9. The van der Waals surface area contributed by atoms with Gasteiger partial charge in [-0.2, -0.15) is 0 Å². The number of amides is 4. The van der Waals surface area contributed by atoms with Crippen molar-refractivity contribution in [2.24, 2.45) is 0 Å². The van der Waals surface area contributed by atoms with Gasteiger partial charge in [0.05, 0.1) is 23.4 Å². The van der Waals surface area contributed by atoms with Gasteiger partial charge in [0.15, 0.2) is 11.6 Å². The zero-order valence-electron chi connectivity index (χ0n) is 39.8. The number of imide groups is 2. The maximum atomic E-state index is 13.4. The summed E-state index contributed by atoms with van der Waals surface area (Å²) in [5.74, 6) is -1.19. The molecule has 5 N–H and O–H groups in total. The Balaban J connectivity index is 0.608. The van der Waals surface area contributed by atoms with Crippen molar-refractivity contribution >= 4 is 46.5 Å². The van der Waals surface area contributed by atoms with Gasteiger partial charge in [0.2, 0.25) is 11.8 Å². The molecule has 4 amide bonds. The Morgan fingerprint density at radius 3 is 2.24 bits per heavy atom. The Morgan fingerprint density at radius 1 is 0.743 bits per heavy atom. The quantitative estimate of drug-likeness (QED) is 0.0485. The number of para-hydroxylation sites is 1. The van der Waals surface area contributed by atoms with Crippen LogP contribution in [-0.2, 0) is 22.6 Å². The van der Waals surface area contributed by atoms with E-state index < -0.39 is 29.7 Å². The van der Waals surface area contributed by atoms with E-state index in [1.165, 1.54) is 49.9 Å². The summed E-state index contributed by atoms with van der Waals surface area (Å²) in [6.45, 7) is 8.52. The molecule has 4 aliphatic heterocycles. The number of unbranched alkanes of at least 4 members (excludes halogenated alkanes) is 6. The molecule has 2 aromatic heterocycles. The summed E-state index contributed by atoms with van der Waals surface area (Å²) in [5, 5.41) is 32.8. The lowest BCUT2D eigenvalue weighted by Gasteiger charge is -2.37. The van der Waals surface area contributed by atoms with Gasteiger partial charge in [0.25, 0.3) is 11.8 Å². The van der Waals surface area contributed by atoms with Gasteiger partial charge in [-0.3, -0.25) is 39.0 Å². The number of rotatable bonds is 21. The first-order chi connectivity index (χ1) is 34.2. The van der Waals surface area contributed by atoms with Gasteiger partial charge in [0.1, 0.15) is 23.6 Å². The number of phenols is 1. The fraction of sp³-hybridized carbons (Fsp3) is 0.462. The highest BCUT2D eigenvalue weighted by molar-refractivity contribution is 6.25. The number of carbonyl (C=O) groups is 4. The Hall–Kier alpha value is -7.08. The molecule has 6 heterocycles. The number of aryl methyl sites for hydroxylation is 2. The Labute approximate surface area is 408 Å². The number of hydrogen-bond donors (Lipinski definition) is 4. The summed E-state index contributed by atoms with van der Waals surface area (Å²) in [5.41, 5.74) is 11.7. The zero-order valence-corrected chi connectivity index (χ0v) is 39.8. The minimum atomic E-state index is -0.992. The van der Waals surface area contributed by atoms with Gasteiger partial charge in [-0.25, -0.2) is 0 Å². The van der Waals surface area contributed by atoms with Crippen molar-refractivity contribution in [2.75, 3.05) is 73.2 Å². The number of nitrogens with one attached hydrogen (secondary N) is 2. The van der Waals surface area contributed by atoms with Gasteiger partial charge in [-0.05, 0) is 100 Å². The number of piperazine rings is 1. The van der Waals surface area contributed by atoms with Crippen LogP contribution in [0.2, 0.25) is 0 Å². The van der Waals surface area contributed by atoms with Gasteiger partial charge in [0, 0.05) is 87.1 Å². The minimum Gasteiger partial charge on any atom is -0.507 e. The second-order valence-corrected chi connectivity index (χ2v) is 18.8. The first-order valence-electron chi connectivity index (χ1n) is 25.1. The van der Waals surface area contributed by atoms with E-state index in [1.54, 1.807) is 42.5 Å². The molecule has 18 heteroatoms. The highest BCUT2D eigenvalue weighted by atomic mass is 16.5. The molecule has 3 aromatic carbocycles. The van der Waals surface area contributed by atoms with Crippen LogP contribution in [0.15, 0.2) is 79.0 Å². The van der Waals surface area contributed by atoms with E-state index in [-0.39, 0.29) is 41.6 Å². The number of piperidine rings is 2. The van der Waals surface area contributed by atoms with Gasteiger partial charge >= 0.3 is 0 Å². The molecule has 0 spiro atoms. The Bertz CT molecular complexity index is 2630. The summed E-state index contributed by atoms with van der Waals surface area (Å²) < 4.78 is 8.32. The van der Waals surface area contributed by atoms with Crippen molar-refractivity contribution in [3.05, 3.63) is 95.8 Å². The van der Waals surface area contributed by atoms with E-state index in [1.807, 2.05) is 16.9 Å². The molecule has 0 bridgehead atoms. The van der Waals surface area contributed by atoms with E-state index in [0.29, 0.717) is 29.2 Å². The van der Waals surface area contributed by atoms with Crippen molar-refractivity contribution in [3.63, 3.8) is 0 Å². The average Bonchev–Trinajstić information content (AvgIpc) is 3.94. The summed E-state index contributed by atoms with van der Waals surface area (Å²) >= 11 is 0. The fourth-order valence-corrected chi connectivity index (χ4v) is 10.1. The van der Waals surface area contributed by atoms with Gasteiger partial charge < -0.3 is 30.7 Å². The highest BCUT2D eigenvalue weighted by Gasteiger charge is 2.45. The van der Waals surface area contributed by atoms with Crippen LogP contribution in [0.5, 0.6) is 11.5 Å². The van der Waals surface area contributed by atoms with E-state index in [0.717, 1.165) is 95.1 Å². The number of carbonyl (C=O) groups excluding carboxylic acids is 4. The van der Waals surface area contributed by atoms with Gasteiger partial charge in [-0.1, -0.05) is 55.5 Å². The highest BCUT2D eigenvalue weighted by Crippen LogP contribution is 2.34. The molecule has 9 rings (SSSR count). The molecule has 2 atom stereocenters. The molecule has 368 valence electrons. The van der Waals surface area contributed by atoms with Crippen LogP contribution in [0.4, 0.5) is 22.9 Å². The van der Waals surface area contributed by atoms with Crippen molar-refractivity contribution in [1.82, 2.24) is 40.3 Å². The largest absolute Gasteiger partial charge is 0.507 e. The van der Waals surface area contributed by atoms with Crippen LogP contribution in [-0.4, -0.2) is 128 Å². The SMILES string of the molecule is Nc1nnc(-c2ccccc2O)cc1OC1CCCN(c2ccc(N3CCN(CCCCCCCCCn4cc(CCCNc5cccc6c5C(=O)N(C5CCC(=O)NC5=O)C6=O)nn4)CC3)cc2)C1. The van der Waals surface area contributed by atoms with Crippen molar-refractivity contribution in [1.29, 1.82) is 0 Å². The van der Waals surface area contributed by atoms with Crippen LogP contribution in [0, 0.1) is 0 Å². The van der Waals surface area contributed by atoms with Gasteiger partial charge in [-0.15, -0.1) is 15.3 Å². The molecule has 0 saturated carbocycles. The molecular formula is C52H64N12O6. The predicted octanol–water partition coefficient (Wildman–Crippen LogP) is 6.07. The van der Waals surface area contributed by atoms with Crippen LogP contribution < -0.4 is 30.9 Å². The maximum absolute atomic E-state index is 13.4. The lowest BCUT2D eigenvalue weighted by atomic mass is 10.0. The van der Waals surface area contributed by atoms with Crippen molar-refractivity contribution in [2.45, 2.75) is 102 Å².